The first-order valence-corrected chi connectivity index (χ1v) is 4.21. The van der Waals surface area contributed by atoms with Crippen LogP contribution in [-0.2, 0) is 14.3 Å². The average Bonchev–Trinajstić information content (AvgIpc) is 2.78. The number of carboxylic acid groups (broad SMARTS) is 1. The number of hydrogen-bond donors (Lipinski definition) is 1. The zero-order valence-corrected chi connectivity index (χ0v) is 6.73. The van der Waals surface area contributed by atoms with Crippen molar-refractivity contribution in [2.24, 2.45) is 5.92 Å². The Morgan fingerprint density at radius 3 is 2.00 bits per heavy atom. The van der Waals surface area contributed by atoms with Crippen LogP contribution in [0.4, 0.5) is 0 Å². The Bertz CT molecular complexity index is 169. The quantitative estimate of drug-likeness (QED) is 0.604. The molecule has 2 aliphatic heterocycles. The minimum atomic E-state index is -0.721. The Morgan fingerprint density at radius 1 is 1.33 bits per heavy atom. The molecule has 68 valence electrons. The van der Waals surface area contributed by atoms with Crippen LogP contribution in [0.2, 0.25) is 0 Å². The van der Waals surface area contributed by atoms with E-state index in [9.17, 15) is 4.79 Å². The fraction of sp³-hybridized carbons (Fsp3) is 0.875. The van der Waals surface area contributed by atoms with Gasteiger partial charge in [0.05, 0.1) is 31.3 Å². The fourth-order valence-electron chi connectivity index (χ4n) is 1.34. The molecule has 0 spiro atoms. The highest BCUT2D eigenvalue weighted by Crippen LogP contribution is 2.27. The molecule has 4 nitrogen and oxygen atoms in total. The van der Waals surface area contributed by atoms with Gasteiger partial charge >= 0.3 is 5.97 Å². The average molecular weight is 172 g/mol. The smallest absolute Gasteiger partial charge is 0.306 e. The summed E-state index contributed by atoms with van der Waals surface area (Å²) in [4.78, 5) is 10.7. The van der Waals surface area contributed by atoms with Gasteiger partial charge < -0.3 is 14.6 Å². The predicted octanol–water partition coefficient (Wildman–Crippen LogP) is 0.265. The van der Waals surface area contributed by atoms with Gasteiger partial charge in [-0.05, 0) is 12.8 Å². The van der Waals surface area contributed by atoms with Gasteiger partial charge in [-0.15, -0.1) is 0 Å². The van der Waals surface area contributed by atoms with E-state index in [1.165, 1.54) is 0 Å². The van der Waals surface area contributed by atoms with E-state index in [4.69, 9.17) is 14.6 Å². The molecular formula is C8H12O4. The first-order chi connectivity index (χ1) is 5.75. The molecule has 0 saturated carbocycles. The zero-order chi connectivity index (χ0) is 8.55. The molecule has 2 unspecified atom stereocenters. The van der Waals surface area contributed by atoms with Crippen LogP contribution in [0, 0.1) is 5.92 Å². The number of ether oxygens (including phenoxy) is 2. The topological polar surface area (TPSA) is 62.4 Å². The first kappa shape index (κ1) is 8.01. The van der Waals surface area contributed by atoms with E-state index in [-0.39, 0.29) is 18.1 Å². The summed E-state index contributed by atoms with van der Waals surface area (Å²) in [6.45, 7) is 1.46. The molecule has 0 aliphatic carbocycles. The molecule has 0 bridgehead atoms. The van der Waals surface area contributed by atoms with E-state index < -0.39 is 5.97 Å². The summed E-state index contributed by atoms with van der Waals surface area (Å²) in [6.07, 6.45) is 1.69. The molecule has 2 rings (SSSR count). The highest BCUT2D eigenvalue weighted by molar-refractivity contribution is 5.70. The van der Waals surface area contributed by atoms with Crippen molar-refractivity contribution in [1.29, 1.82) is 0 Å². The first-order valence-electron chi connectivity index (χ1n) is 4.21. The van der Waals surface area contributed by atoms with Gasteiger partial charge in [0.2, 0.25) is 0 Å². The van der Waals surface area contributed by atoms with Crippen molar-refractivity contribution >= 4 is 5.97 Å². The second kappa shape index (κ2) is 3.03. The monoisotopic (exact) mass is 172 g/mol. The van der Waals surface area contributed by atoms with Crippen molar-refractivity contribution in [1.82, 2.24) is 0 Å². The largest absolute Gasteiger partial charge is 0.481 e. The van der Waals surface area contributed by atoms with Crippen LogP contribution in [-0.4, -0.2) is 36.5 Å². The third-order valence-electron chi connectivity index (χ3n) is 2.25. The van der Waals surface area contributed by atoms with Crippen LogP contribution in [0.5, 0.6) is 0 Å². The third kappa shape index (κ3) is 2.19. The second-order valence-corrected chi connectivity index (χ2v) is 3.42. The molecule has 2 fully saturated rings. The molecule has 2 aliphatic rings. The Hall–Kier alpha value is -0.610. The maximum absolute atomic E-state index is 10.7. The normalized spacial score (nSPS) is 34.3. The minimum absolute atomic E-state index is 0.199. The van der Waals surface area contributed by atoms with E-state index in [2.05, 4.69) is 0 Å². The molecule has 0 radical (unpaired) electrons. The van der Waals surface area contributed by atoms with Crippen LogP contribution in [0.25, 0.3) is 0 Å². The van der Waals surface area contributed by atoms with Crippen molar-refractivity contribution in [3.63, 3.8) is 0 Å². The Kier molecular flexibility index (Phi) is 2.02. The van der Waals surface area contributed by atoms with E-state index in [1.54, 1.807) is 0 Å². The van der Waals surface area contributed by atoms with Gasteiger partial charge in [-0.3, -0.25) is 4.79 Å². The molecule has 1 N–H and O–H groups in total. The lowest BCUT2D eigenvalue weighted by atomic mass is 9.98. The minimum Gasteiger partial charge on any atom is -0.481 e. The number of carbonyl (C=O) groups is 1. The van der Waals surface area contributed by atoms with Crippen molar-refractivity contribution < 1.29 is 19.4 Å². The number of epoxide rings is 2. The van der Waals surface area contributed by atoms with E-state index in [0.717, 1.165) is 13.2 Å². The van der Waals surface area contributed by atoms with Crippen LogP contribution >= 0.6 is 0 Å². The summed E-state index contributed by atoms with van der Waals surface area (Å²) >= 11 is 0. The van der Waals surface area contributed by atoms with Crippen molar-refractivity contribution in [2.75, 3.05) is 13.2 Å². The predicted molar refractivity (Wildman–Crippen MR) is 39.8 cm³/mol. The van der Waals surface area contributed by atoms with Gasteiger partial charge in [0.1, 0.15) is 0 Å². The summed E-state index contributed by atoms with van der Waals surface area (Å²) in [7, 11) is 0. The lowest BCUT2D eigenvalue weighted by Gasteiger charge is -2.07. The van der Waals surface area contributed by atoms with Gasteiger partial charge in [-0.2, -0.15) is 0 Å². The number of hydrogen-bond acceptors (Lipinski definition) is 3. The summed E-state index contributed by atoms with van der Waals surface area (Å²) in [5.41, 5.74) is 0. The molecular weight excluding hydrogens is 160 g/mol. The number of aliphatic carboxylic acids is 1. The van der Waals surface area contributed by atoms with Gasteiger partial charge in [0.25, 0.3) is 0 Å². The maximum atomic E-state index is 10.7. The summed E-state index contributed by atoms with van der Waals surface area (Å²) < 4.78 is 9.97. The third-order valence-corrected chi connectivity index (χ3v) is 2.25. The van der Waals surface area contributed by atoms with Gasteiger partial charge in [-0.25, -0.2) is 0 Å². The Balaban J connectivity index is 1.77. The highest BCUT2D eigenvalue weighted by atomic mass is 16.6. The number of carboxylic acids is 1. The van der Waals surface area contributed by atoms with E-state index in [1.807, 2.05) is 0 Å². The molecule has 0 amide bonds. The summed E-state index contributed by atoms with van der Waals surface area (Å²) in [6, 6.07) is 0. The summed E-state index contributed by atoms with van der Waals surface area (Å²) in [5, 5.41) is 8.82. The molecule has 0 aromatic carbocycles. The van der Waals surface area contributed by atoms with Crippen molar-refractivity contribution in [3.05, 3.63) is 0 Å². The molecule has 2 saturated heterocycles. The molecule has 2 atom stereocenters. The lowest BCUT2D eigenvalue weighted by molar-refractivity contribution is -0.142. The van der Waals surface area contributed by atoms with Gasteiger partial charge in [0, 0.05) is 0 Å². The standard InChI is InChI=1S/C8H12O4/c9-8(10)5(1-6-3-11-6)2-7-4-12-7/h5-7H,1-4H2,(H,9,10). The van der Waals surface area contributed by atoms with E-state index >= 15 is 0 Å². The lowest BCUT2D eigenvalue weighted by Crippen LogP contribution is -2.17. The molecule has 0 aromatic heterocycles. The zero-order valence-electron chi connectivity index (χ0n) is 6.73. The van der Waals surface area contributed by atoms with E-state index in [0.29, 0.717) is 12.8 Å². The molecule has 2 heterocycles. The van der Waals surface area contributed by atoms with Crippen LogP contribution in [0.3, 0.4) is 0 Å². The molecule has 0 aromatic rings. The molecule has 12 heavy (non-hydrogen) atoms. The summed E-state index contributed by atoms with van der Waals surface area (Å²) in [5.74, 6) is -0.994. The highest BCUT2D eigenvalue weighted by Gasteiger charge is 2.35. The second-order valence-electron chi connectivity index (χ2n) is 3.42. The van der Waals surface area contributed by atoms with Crippen molar-refractivity contribution in [2.45, 2.75) is 25.0 Å². The Labute approximate surface area is 70.5 Å². The number of rotatable bonds is 5. The Morgan fingerprint density at radius 2 is 1.75 bits per heavy atom. The maximum Gasteiger partial charge on any atom is 0.306 e. The van der Waals surface area contributed by atoms with Crippen LogP contribution < -0.4 is 0 Å². The molecule has 4 heteroatoms. The van der Waals surface area contributed by atoms with Crippen LogP contribution in [0.1, 0.15) is 12.8 Å². The fourth-order valence-corrected chi connectivity index (χ4v) is 1.34. The van der Waals surface area contributed by atoms with Gasteiger partial charge in [-0.1, -0.05) is 0 Å². The van der Waals surface area contributed by atoms with Crippen LogP contribution in [0.15, 0.2) is 0 Å². The van der Waals surface area contributed by atoms with Crippen molar-refractivity contribution in [3.8, 4) is 0 Å². The van der Waals surface area contributed by atoms with Gasteiger partial charge in [0.15, 0.2) is 0 Å². The SMILES string of the molecule is O=C(O)C(CC1CO1)CC1CO1.